The van der Waals surface area contributed by atoms with E-state index in [-0.39, 0.29) is 18.6 Å². The summed E-state index contributed by atoms with van der Waals surface area (Å²) in [6.45, 7) is 4.75. The molecule has 196 valence electrons. The quantitative estimate of drug-likeness (QED) is 0.261. The number of hydrogen-bond acceptors (Lipinski definition) is 11. The molecule has 0 amide bonds. The molecule has 4 aromatic rings. The van der Waals surface area contributed by atoms with Crippen molar-refractivity contribution in [2.24, 2.45) is 0 Å². The monoisotopic (exact) mass is 545 g/mol. The average molecular weight is 546 g/mol. The van der Waals surface area contributed by atoms with Crippen LogP contribution in [0.15, 0.2) is 36.7 Å². The lowest BCUT2D eigenvalue weighted by Crippen LogP contribution is -3.00. The first-order valence-corrected chi connectivity index (χ1v) is 14.3. The highest BCUT2D eigenvalue weighted by atomic mass is 35.5. The average Bonchev–Trinajstić information content (AvgIpc) is 3.74. The van der Waals surface area contributed by atoms with E-state index in [0.717, 1.165) is 71.2 Å². The number of rotatable bonds is 7. The minimum absolute atomic E-state index is 0. The lowest BCUT2D eigenvalue weighted by atomic mass is 10.4. The predicted molar refractivity (Wildman–Crippen MR) is 132 cm³/mol. The molecule has 3 fully saturated rings. The van der Waals surface area contributed by atoms with Gasteiger partial charge in [-0.25, -0.2) is 9.97 Å². The highest BCUT2D eigenvalue weighted by Gasteiger charge is 2.67. The van der Waals surface area contributed by atoms with E-state index in [0.29, 0.717) is 22.3 Å². The second kappa shape index (κ2) is 10.2. The fourth-order valence-electron chi connectivity index (χ4n) is 5.54. The van der Waals surface area contributed by atoms with Crippen molar-refractivity contribution in [3.63, 3.8) is 0 Å². The summed E-state index contributed by atoms with van der Waals surface area (Å²) in [5.74, 6) is 0. The molecule has 7 heterocycles. The predicted octanol–water partition coefficient (Wildman–Crippen LogP) is -1.18. The Labute approximate surface area is 220 Å². The minimum Gasteiger partial charge on any atom is -1.00 e. The lowest BCUT2D eigenvalue weighted by Gasteiger charge is -2.41. The second-order valence-electron chi connectivity index (χ2n) is 9.40. The molecule has 0 aliphatic carbocycles. The molecule has 15 heteroatoms. The van der Waals surface area contributed by atoms with Gasteiger partial charge in [-0.15, -0.1) is 19.5 Å². The first-order chi connectivity index (χ1) is 17.8. The molecular formula is C22H29ClN11O2P. The topological polar surface area (TPSA) is 115 Å². The molecular weight excluding hydrogens is 517 g/mol. The smallest absolute Gasteiger partial charge is 0.455 e. The summed E-state index contributed by atoms with van der Waals surface area (Å²) in [6.07, 6.45) is 9.68. The summed E-state index contributed by atoms with van der Waals surface area (Å²) in [4.78, 5) is 18.5. The van der Waals surface area contributed by atoms with E-state index in [9.17, 15) is 0 Å². The van der Waals surface area contributed by atoms with Crippen LogP contribution >= 0.6 is 7.94 Å². The number of hydrogen-bond donors (Lipinski definition) is 0. The molecule has 1 atom stereocenters. The van der Waals surface area contributed by atoms with Gasteiger partial charge in [0.05, 0.1) is 0 Å². The van der Waals surface area contributed by atoms with E-state index in [1.807, 2.05) is 24.3 Å². The van der Waals surface area contributed by atoms with Gasteiger partial charge < -0.3 is 17.2 Å². The first-order valence-electron chi connectivity index (χ1n) is 12.7. The molecule has 3 saturated heterocycles. The van der Waals surface area contributed by atoms with Crippen molar-refractivity contribution in [2.45, 2.75) is 44.8 Å². The standard InChI is InChI=1S/C22H29N11O2P.ClH/c1-2-14-29(13-1)36(30-15-3-4-16-30,35-33-22-19(26-28-33)9-6-12-24-22)31-17-7-10-20(31)34-32-21-18(25-27-32)8-5-11-23-21;/h5-6,8-9,11-12,20H,1-4,7,10,13-17H2;1H/q+1;/p-1. The van der Waals surface area contributed by atoms with Crippen LogP contribution in [0.1, 0.15) is 38.5 Å². The van der Waals surface area contributed by atoms with Crippen molar-refractivity contribution in [1.82, 2.24) is 54.3 Å². The number of fused-ring (bicyclic) bond motifs is 2. The molecule has 4 aromatic heterocycles. The summed E-state index contributed by atoms with van der Waals surface area (Å²) in [5.41, 5.74) is 2.66. The summed E-state index contributed by atoms with van der Waals surface area (Å²) >= 11 is 0. The van der Waals surface area contributed by atoms with Gasteiger partial charge in [0.15, 0.2) is 0 Å². The highest BCUT2D eigenvalue weighted by molar-refractivity contribution is 7.64. The number of aromatic nitrogens is 8. The zero-order valence-electron chi connectivity index (χ0n) is 20.4. The van der Waals surface area contributed by atoms with Gasteiger partial charge in [0.2, 0.25) is 17.5 Å². The maximum Gasteiger partial charge on any atom is 0.455 e. The Kier molecular flexibility index (Phi) is 6.80. The van der Waals surface area contributed by atoms with Crippen LogP contribution in [0.2, 0.25) is 0 Å². The van der Waals surface area contributed by atoms with Crippen LogP contribution in [0.25, 0.3) is 22.3 Å². The summed E-state index contributed by atoms with van der Waals surface area (Å²) in [6, 6.07) is 7.52. The minimum atomic E-state index is -2.55. The molecule has 0 radical (unpaired) electrons. The van der Waals surface area contributed by atoms with Gasteiger partial charge in [-0.1, -0.05) is 9.52 Å². The number of pyridine rings is 2. The third-order valence-electron chi connectivity index (χ3n) is 7.18. The molecule has 3 aliphatic rings. The second-order valence-corrected chi connectivity index (χ2v) is 12.2. The van der Waals surface area contributed by atoms with Gasteiger partial charge >= 0.3 is 7.94 Å². The lowest BCUT2D eigenvalue weighted by molar-refractivity contribution is -0.0361. The maximum absolute atomic E-state index is 7.07. The summed E-state index contributed by atoms with van der Waals surface area (Å²) < 4.78 is 14.6. The van der Waals surface area contributed by atoms with Crippen molar-refractivity contribution in [2.75, 3.05) is 32.7 Å². The maximum atomic E-state index is 7.07. The SMILES string of the molecule is [Cl-].c1cnc2c(c1)nnn2OC1CCCN1[P+](On1nnc2cccnc21)(N1CCCC1)N1CCCC1. The van der Waals surface area contributed by atoms with Crippen LogP contribution in [-0.2, 0) is 0 Å². The Morgan fingerprint density at radius 1 is 0.730 bits per heavy atom. The van der Waals surface area contributed by atoms with Gasteiger partial charge in [0.25, 0.3) is 0 Å². The van der Waals surface area contributed by atoms with E-state index in [2.05, 4.69) is 44.6 Å². The van der Waals surface area contributed by atoms with Gasteiger partial charge in [-0.3, -0.25) is 0 Å². The van der Waals surface area contributed by atoms with Crippen molar-refractivity contribution < 1.29 is 21.9 Å². The Morgan fingerprint density at radius 2 is 1.30 bits per heavy atom. The molecule has 0 saturated carbocycles. The molecule has 0 spiro atoms. The van der Waals surface area contributed by atoms with Crippen LogP contribution in [0, 0.1) is 0 Å². The fraction of sp³-hybridized carbons (Fsp3) is 0.545. The van der Waals surface area contributed by atoms with Crippen molar-refractivity contribution in [3.05, 3.63) is 36.7 Å². The molecule has 0 aromatic carbocycles. The largest absolute Gasteiger partial charge is 1.00 e. The number of halogens is 1. The van der Waals surface area contributed by atoms with Crippen molar-refractivity contribution in [3.8, 4) is 0 Å². The third-order valence-corrected chi connectivity index (χ3v) is 11.0. The Bertz CT molecular complexity index is 1340. The Hall–Kier alpha value is -2.70. The fourth-order valence-corrected chi connectivity index (χ4v) is 9.67. The zero-order valence-corrected chi connectivity index (χ0v) is 22.0. The molecule has 13 nitrogen and oxygen atoms in total. The van der Waals surface area contributed by atoms with Gasteiger partial charge in [0, 0.05) is 51.5 Å². The molecule has 1 unspecified atom stereocenters. The normalized spacial score (nSPS) is 21.7. The van der Waals surface area contributed by atoms with Gasteiger partial charge in [0.1, 0.15) is 11.0 Å². The zero-order chi connectivity index (χ0) is 24.0. The Balaban J connectivity index is 0.00000252. The van der Waals surface area contributed by atoms with E-state index in [4.69, 9.17) is 9.46 Å². The van der Waals surface area contributed by atoms with Crippen LogP contribution in [0.3, 0.4) is 0 Å². The van der Waals surface area contributed by atoms with Gasteiger partial charge in [-0.2, -0.15) is 4.62 Å². The van der Waals surface area contributed by atoms with Crippen LogP contribution in [0.4, 0.5) is 0 Å². The summed E-state index contributed by atoms with van der Waals surface area (Å²) in [7, 11) is -2.55. The molecule has 7 rings (SSSR count). The van der Waals surface area contributed by atoms with Crippen LogP contribution in [-0.4, -0.2) is 93.2 Å². The number of nitrogens with zero attached hydrogens (tertiary/aromatic N) is 11. The van der Waals surface area contributed by atoms with E-state index >= 15 is 0 Å². The van der Waals surface area contributed by atoms with Crippen LogP contribution in [0.5, 0.6) is 0 Å². The van der Waals surface area contributed by atoms with E-state index in [1.165, 1.54) is 4.85 Å². The van der Waals surface area contributed by atoms with Crippen molar-refractivity contribution >= 4 is 30.3 Å². The van der Waals surface area contributed by atoms with E-state index < -0.39 is 7.94 Å². The third kappa shape index (κ3) is 4.18. The Morgan fingerprint density at radius 3 is 1.92 bits per heavy atom. The first kappa shape index (κ1) is 24.6. The van der Waals surface area contributed by atoms with E-state index in [1.54, 1.807) is 17.2 Å². The molecule has 37 heavy (non-hydrogen) atoms. The molecule has 3 aliphatic heterocycles. The molecule has 0 N–H and O–H groups in total. The van der Waals surface area contributed by atoms with Gasteiger partial charge in [-0.05, 0) is 71.6 Å². The van der Waals surface area contributed by atoms with Crippen LogP contribution < -0.4 is 21.9 Å². The molecule has 0 bridgehead atoms. The van der Waals surface area contributed by atoms with Crippen molar-refractivity contribution in [1.29, 1.82) is 0 Å². The highest BCUT2D eigenvalue weighted by Crippen LogP contribution is 2.69. The summed E-state index contributed by atoms with van der Waals surface area (Å²) in [5, 5.41) is 17.2.